The van der Waals surface area contributed by atoms with Gasteiger partial charge in [0.05, 0.1) is 18.8 Å². The van der Waals surface area contributed by atoms with E-state index in [2.05, 4.69) is 48.3 Å². The molecular formula is C24H43N5O2. The normalized spacial score (nSPS) is 18.3. The monoisotopic (exact) mass is 433 g/mol. The Labute approximate surface area is 188 Å². The number of likely N-dealkylation sites (N-methyl/N-ethyl adjacent to an activating group) is 1. The van der Waals surface area contributed by atoms with Crippen molar-refractivity contribution in [3.8, 4) is 5.75 Å². The highest BCUT2D eigenvalue weighted by atomic mass is 16.5. The summed E-state index contributed by atoms with van der Waals surface area (Å²) in [4.78, 5) is 9.80. The first-order valence-corrected chi connectivity index (χ1v) is 11.7. The van der Waals surface area contributed by atoms with Gasteiger partial charge in [0.25, 0.3) is 0 Å². The summed E-state index contributed by atoms with van der Waals surface area (Å²) in [5.74, 6) is 2.05. The second-order valence-electron chi connectivity index (χ2n) is 9.01. The standard InChI is InChI=1S/C24H43N5O2/c1-7-25-24(26-16-22(18(2)3)29-13-11-28(6)12-14-29)27-17-23(30)20-9-8-10-21(15-20)31-19(4)5/h8-10,15,18-19,22-23,30H,7,11-14,16-17H2,1-6H3,(H2,25,26,27). The lowest BCUT2D eigenvalue weighted by Gasteiger charge is -2.39. The number of nitrogens with one attached hydrogen (secondary N) is 2. The first kappa shape index (κ1) is 25.4. The lowest BCUT2D eigenvalue weighted by molar-refractivity contribution is 0.0925. The Bertz CT molecular complexity index is 672. The van der Waals surface area contributed by atoms with Crippen molar-refractivity contribution in [2.24, 2.45) is 10.9 Å². The van der Waals surface area contributed by atoms with Crippen LogP contribution in [0.5, 0.6) is 5.75 Å². The zero-order valence-electron chi connectivity index (χ0n) is 20.3. The molecule has 176 valence electrons. The predicted molar refractivity (Wildman–Crippen MR) is 129 cm³/mol. The molecule has 7 nitrogen and oxygen atoms in total. The van der Waals surface area contributed by atoms with Gasteiger partial charge in [0, 0.05) is 45.3 Å². The van der Waals surface area contributed by atoms with Gasteiger partial charge >= 0.3 is 0 Å². The number of aliphatic hydroxyl groups is 1. The SMILES string of the molecule is CCNC(=NCC(C(C)C)N1CCN(C)CC1)NCC(O)c1cccc(OC(C)C)c1. The molecule has 1 heterocycles. The minimum atomic E-state index is -0.641. The Kier molecular flexibility index (Phi) is 10.6. The molecule has 0 amide bonds. The first-order chi connectivity index (χ1) is 14.8. The number of guanidine groups is 1. The van der Waals surface area contributed by atoms with Gasteiger partial charge in [0.2, 0.25) is 0 Å². The fourth-order valence-electron chi connectivity index (χ4n) is 3.81. The molecule has 1 aliphatic rings. The lowest BCUT2D eigenvalue weighted by atomic mass is 10.0. The molecule has 1 aromatic carbocycles. The Morgan fingerprint density at radius 3 is 2.45 bits per heavy atom. The maximum absolute atomic E-state index is 10.7. The van der Waals surface area contributed by atoms with Crippen LogP contribution < -0.4 is 15.4 Å². The van der Waals surface area contributed by atoms with E-state index in [-0.39, 0.29) is 6.10 Å². The topological polar surface area (TPSA) is 72.4 Å². The third kappa shape index (κ3) is 8.67. The third-order valence-electron chi connectivity index (χ3n) is 5.63. The zero-order chi connectivity index (χ0) is 22.8. The molecule has 0 spiro atoms. The van der Waals surface area contributed by atoms with Crippen LogP contribution in [0.3, 0.4) is 0 Å². The molecule has 1 aromatic rings. The smallest absolute Gasteiger partial charge is 0.191 e. The fourth-order valence-corrected chi connectivity index (χ4v) is 3.81. The van der Waals surface area contributed by atoms with E-state index in [1.165, 1.54) is 0 Å². The molecule has 3 N–H and O–H groups in total. The van der Waals surface area contributed by atoms with Crippen molar-refractivity contribution >= 4 is 5.96 Å². The summed E-state index contributed by atoms with van der Waals surface area (Å²) in [6, 6.07) is 8.07. The number of hydrogen-bond acceptors (Lipinski definition) is 5. The second-order valence-corrected chi connectivity index (χ2v) is 9.01. The van der Waals surface area contributed by atoms with Gasteiger partial charge in [-0.15, -0.1) is 0 Å². The van der Waals surface area contributed by atoms with Crippen molar-refractivity contribution in [1.82, 2.24) is 20.4 Å². The predicted octanol–water partition coefficient (Wildman–Crippen LogP) is 2.33. The molecule has 1 aliphatic heterocycles. The van der Waals surface area contributed by atoms with Gasteiger partial charge in [-0.2, -0.15) is 0 Å². The molecule has 31 heavy (non-hydrogen) atoms. The largest absolute Gasteiger partial charge is 0.491 e. The van der Waals surface area contributed by atoms with Crippen LogP contribution in [0.4, 0.5) is 0 Å². The summed E-state index contributed by atoms with van der Waals surface area (Å²) in [5, 5.41) is 17.3. The Morgan fingerprint density at radius 1 is 1.13 bits per heavy atom. The van der Waals surface area contributed by atoms with E-state index in [1.807, 2.05) is 38.1 Å². The zero-order valence-corrected chi connectivity index (χ0v) is 20.3. The lowest BCUT2D eigenvalue weighted by Crippen LogP contribution is -2.52. The summed E-state index contributed by atoms with van der Waals surface area (Å²) < 4.78 is 5.75. The summed E-state index contributed by atoms with van der Waals surface area (Å²) in [6.07, 6.45) is -0.537. The van der Waals surface area contributed by atoms with E-state index in [9.17, 15) is 5.11 Å². The number of hydrogen-bond donors (Lipinski definition) is 3. The van der Waals surface area contributed by atoms with Crippen molar-refractivity contribution in [3.05, 3.63) is 29.8 Å². The number of aliphatic imine (C=N–C) groups is 1. The van der Waals surface area contributed by atoms with Crippen LogP contribution in [0.15, 0.2) is 29.3 Å². The van der Waals surface area contributed by atoms with Gasteiger partial charge in [-0.1, -0.05) is 26.0 Å². The maximum atomic E-state index is 10.7. The van der Waals surface area contributed by atoms with Gasteiger partial charge in [-0.25, -0.2) is 0 Å². The quantitative estimate of drug-likeness (QED) is 0.389. The molecule has 0 radical (unpaired) electrons. The van der Waals surface area contributed by atoms with E-state index in [0.29, 0.717) is 18.5 Å². The van der Waals surface area contributed by atoms with Crippen LogP contribution in [0.2, 0.25) is 0 Å². The fraction of sp³-hybridized carbons (Fsp3) is 0.708. The molecular weight excluding hydrogens is 390 g/mol. The number of benzene rings is 1. The van der Waals surface area contributed by atoms with Crippen molar-refractivity contribution in [3.63, 3.8) is 0 Å². The van der Waals surface area contributed by atoms with Gasteiger partial charge < -0.3 is 25.4 Å². The molecule has 7 heteroatoms. The van der Waals surface area contributed by atoms with Crippen LogP contribution >= 0.6 is 0 Å². The van der Waals surface area contributed by atoms with Crippen LogP contribution in [-0.2, 0) is 0 Å². The van der Waals surface area contributed by atoms with Crippen LogP contribution in [0.1, 0.15) is 46.3 Å². The highest BCUT2D eigenvalue weighted by Gasteiger charge is 2.24. The van der Waals surface area contributed by atoms with E-state index in [4.69, 9.17) is 9.73 Å². The average Bonchev–Trinajstić information content (AvgIpc) is 2.72. The van der Waals surface area contributed by atoms with E-state index in [1.54, 1.807) is 0 Å². The number of ether oxygens (including phenoxy) is 1. The van der Waals surface area contributed by atoms with E-state index >= 15 is 0 Å². The molecule has 0 bridgehead atoms. The molecule has 2 unspecified atom stereocenters. The highest BCUT2D eigenvalue weighted by Crippen LogP contribution is 2.20. The van der Waals surface area contributed by atoms with Gasteiger partial charge in [-0.05, 0) is 51.4 Å². The first-order valence-electron chi connectivity index (χ1n) is 11.7. The Morgan fingerprint density at radius 2 is 1.84 bits per heavy atom. The molecule has 2 rings (SSSR count). The molecule has 0 aliphatic carbocycles. The highest BCUT2D eigenvalue weighted by molar-refractivity contribution is 5.79. The molecule has 1 saturated heterocycles. The van der Waals surface area contributed by atoms with Gasteiger partial charge in [0.1, 0.15) is 5.75 Å². The second kappa shape index (κ2) is 12.9. The molecule has 2 atom stereocenters. The van der Waals surface area contributed by atoms with Crippen molar-refractivity contribution < 1.29 is 9.84 Å². The number of piperazine rings is 1. The van der Waals surface area contributed by atoms with Gasteiger partial charge in [0.15, 0.2) is 5.96 Å². The molecule has 0 saturated carbocycles. The number of nitrogens with zero attached hydrogens (tertiary/aromatic N) is 3. The number of aliphatic hydroxyl groups excluding tert-OH is 1. The van der Waals surface area contributed by atoms with Crippen LogP contribution in [0.25, 0.3) is 0 Å². The summed E-state index contributed by atoms with van der Waals surface area (Å²) >= 11 is 0. The van der Waals surface area contributed by atoms with Crippen molar-refractivity contribution in [1.29, 1.82) is 0 Å². The maximum Gasteiger partial charge on any atom is 0.191 e. The van der Waals surface area contributed by atoms with Crippen molar-refractivity contribution in [2.45, 2.75) is 52.9 Å². The Hall–Kier alpha value is -1.83. The molecule has 1 fully saturated rings. The summed E-state index contributed by atoms with van der Waals surface area (Å²) in [5.41, 5.74) is 0.832. The third-order valence-corrected chi connectivity index (χ3v) is 5.63. The minimum Gasteiger partial charge on any atom is -0.491 e. The average molecular weight is 434 g/mol. The Balaban J connectivity index is 1.97. The summed E-state index contributed by atoms with van der Waals surface area (Å²) in [6.45, 7) is 16.9. The van der Waals surface area contributed by atoms with Crippen LogP contribution in [-0.4, -0.2) is 85.9 Å². The van der Waals surface area contributed by atoms with Crippen molar-refractivity contribution in [2.75, 3.05) is 52.9 Å². The van der Waals surface area contributed by atoms with E-state index < -0.39 is 6.10 Å². The van der Waals surface area contributed by atoms with Gasteiger partial charge in [-0.3, -0.25) is 9.89 Å². The number of rotatable bonds is 10. The van der Waals surface area contributed by atoms with Crippen LogP contribution in [0, 0.1) is 5.92 Å². The molecule has 0 aromatic heterocycles. The minimum absolute atomic E-state index is 0.104. The van der Waals surface area contributed by atoms with E-state index in [0.717, 1.165) is 56.5 Å². The summed E-state index contributed by atoms with van der Waals surface area (Å²) in [7, 11) is 2.18.